The summed E-state index contributed by atoms with van der Waals surface area (Å²) in [4.78, 5) is 45.6. The molecule has 3 heterocycles. The average molecular weight is 650 g/mol. The maximum atomic E-state index is 14.5. The number of esters is 2. The molecule has 0 N–H and O–H groups in total. The number of aryl methyl sites for hydroxylation is 1. The van der Waals surface area contributed by atoms with Crippen molar-refractivity contribution in [3.8, 4) is 11.4 Å². The van der Waals surface area contributed by atoms with Gasteiger partial charge in [0.15, 0.2) is 4.80 Å². The Hall–Kier alpha value is -5.22. The molecule has 0 spiro atoms. The first-order chi connectivity index (χ1) is 22.6. The predicted octanol–water partition coefficient (Wildman–Crippen LogP) is 5.46. The van der Waals surface area contributed by atoms with Gasteiger partial charge < -0.3 is 18.8 Å². The summed E-state index contributed by atoms with van der Waals surface area (Å²) < 4.78 is 20.5. The summed E-state index contributed by atoms with van der Waals surface area (Å²) >= 11 is 1.27. The molecule has 240 valence electrons. The predicted molar refractivity (Wildman–Crippen MR) is 182 cm³/mol. The molecule has 0 amide bonds. The Bertz CT molecular complexity index is 2310. The third-order valence-corrected chi connectivity index (χ3v) is 9.63. The third kappa shape index (κ3) is 5.28. The van der Waals surface area contributed by atoms with E-state index in [2.05, 4.69) is 4.57 Å². The number of carbonyl (C=O) groups excluding carboxylic acids is 2. The molecular weight excluding hydrogens is 614 g/mol. The first-order valence-electron chi connectivity index (χ1n) is 15.2. The summed E-state index contributed by atoms with van der Waals surface area (Å²) in [6.07, 6.45) is 1.86. The Balaban J connectivity index is 1.58. The van der Waals surface area contributed by atoms with E-state index in [0.717, 1.165) is 39.0 Å². The number of methoxy groups -OCH3 is 2. The molecular formula is C37H35N3O6S. The van der Waals surface area contributed by atoms with Gasteiger partial charge in [0.05, 0.1) is 42.2 Å². The second-order valence-electron chi connectivity index (χ2n) is 11.3. The van der Waals surface area contributed by atoms with E-state index in [1.807, 2.05) is 81.4 Å². The van der Waals surface area contributed by atoms with Crippen LogP contribution in [0.1, 0.15) is 58.3 Å². The van der Waals surface area contributed by atoms with E-state index in [1.54, 1.807) is 31.6 Å². The zero-order valence-electron chi connectivity index (χ0n) is 27.3. The zero-order chi connectivity index (χ0) is 33.6. The lowest BCUT2D eigenvalue weighted by Crippen LogP contribution is -2.40. The smallest absolute Gasteiger partial charge is 0.338 e. The van der Waals surface area contributed by atoms with E-state index in [0.29, 0.717) is 37.5 Å². The number of carbonyl (C=O) groups is 2. The summed E-state index contributed by atoms with van der Waals surface area (Å²) in [6.45, 7) is 9.55. The third-order valence-electron chi connectivity index (χ3n) is 8.65. The molecule has 0 radical (unpaired) electrons. The minimum atomic E-state index is -0.829. The summed E-state index contributed by atoms with van der Waals surface area (Å²) in [7, 11) is 2.95. The van der Waals surface area contributed by atoms with Crippen molar-refractivity contribution in [2.24, 2.45) is 4.99 Å². The van der Waals surface area contributed by atoms with Crippen LogP contribution in [0.5, 0.6) is 5.75 Å². The van der Waals surface area contributed by atoms with Gasteiger partial charge in [-0.1, -0.05) is 47.7 Å². The lowest BCUT2D eigenvalue weighted by Gasteiger charge is -2.27. The normalized spacial score (nSPS) is 14.6. The molecule has 1 aliphatic rings. The first-order valence-corrected chi connectivity index (χ1v) is 16.0. The van der Waals surface area contributed by atoms with Crippen LogP contribution < -0.4 is 19.6 Å². The van der Waals surface area contributed by atoms with Gasteiger partial charge in [0, 0.05) is 22.6 Å². The van der Waals surface area contributed by atoms with Gasteiger partial charge in [-0.25, -0.2) is 14.6 Å². The molecule has 0 saturated carbocycles. The van der Waals surface area contributed by atoms with Gasteiger partial charge >= 0.3 is 11.9 Å². The fraction of sp³-hybridized carbons (Fsp3) is 0.243. The number of hydrogen-bond acceptors (Lipinski definition) is 8. The number of fused-ring (bicyclic) bond motifs is 2. The highest BCUT2D eigenvalue weighted by molar-refractivity contribution is 7.07. The van der Waals surface area contributed by atoms with Crippen molar-refractivity contribution in [1.29, 1.82) is 0 Å². The van der Waals surface area contributed by atoms with Gasteiger partial charge in [-0.3, -0.25) is 9.36 Å². The molecule has 0 unspecified atom stereocenters. The van der Waals surface area contributed by atoms with Crippen molar-refractivity contribution in [2.75, 3.05) is 20.8 Å². The molecule has 0 bridgehead atoms. The molecule has 1 aliphatic heterocycles. The van der Waals surface area contributed by atoms with Gasteiger partial charge in [-0.15, -0.1) is 0 Å². The Morgan fingerprint density at radius 2 is 1.74 bits per heavy atom. The van der Waals surface area contributed by atoms with Crippen LogP contribution in [0, 0.1) is 20.8 Å². The summed E-state index contributed by atoms with van der Waals surface area (Å²) in [5.74, 6) is -0.382. The Labute approximate surface area is 275 Å². The lowest BCUT2D eigenvalue weighted by molar-refractivity contribution is -0.139. The first kappa shape index (κ1) is 31.7. The molecule has 10 heteroatoms. The van der Waals surface area contributed by atoms with Crippen LogP contribution in [0.2, 0.25) is 0 Å². The van der Waals surface area contributed by atoms with E-state index in [1.165, 1.54) is 18.4 Å². The number of allylic oxidation sites excluding steroid dienone is 1. The minimum absolute atomic E-state index is 0.178. The molecule has 0 fully saturated rings. The van der Waals surface area contributed by atoms with E-state index in [4.69, 9.17) is 19.2 Å². The SMILES string of the molecule is CCOC(=O)C1=C(C)N=c2s/c(=C/c3cc(C)n(-c4cccc(C(=O)OC)c4C)c3C)c(=O)n2[C@H]1c1c(OC)ccc2ccccc12. The fourth-order valence-electron chi connectivity index (χ4n) is 6.44. The van der Waals surface area contributed by atoms with Crippen molar-refractivity contribution >= 4 is 40.1 Å². The number of benzene rings is 3. The second-order valence-corrected chi connectivity index (χ2v) is 12.3. The fourth-order valence-corrected chi connectivity index (χ4v) is 7.48. The molecule has 47 heavy (non-hydrogen) atoms. The number of aromatic nitrogens is 2. The lowest BCUT2D eigenvalue weighted by atomic mass is 9.90. The van der Waals surface area contributed by atoms with E-state index >= 15 is 0 Å². The van der Waals surface area contributed by atoms with Crippen LogP contribution in [-0.4, -0.2) is 41.9 Å². The van der Waals surface area contributed by atoms with Gasteiger partial charge in [-0.05, 0) is 86.9 Å². The number of ether oxygens (including phenoxy) is 3. The van der Waals surface area contributed by atoms with Crippen LogP contribution >= 0.6 is 11.3 Å². The minimum Gasteiger partial charge on any atom is -0.496 e. The van der Waals surface area contributed by atoms with Gasteiger partial charge in [0.1, 0.15) is 11.8 Å². The highest BCUT2D eigenvalue weighted by atomic mass is 32.1. The van der Waals surface area contributed by atoms with Crippen molar-refractivity contribution in [1.82, 2.24) is 9.13 Å². The van der Waals surface area contributed by atoms with Crippen LogP contribution in [0.4, 0.5) is 0 Å². The van der Waals surface area contributed by atoms with Crippen LogP contribution in [-0.2, 0) is 14.3 Å². The van der Waals surface area contributed by atoms with Crippen LogP contribution in [0.15, 0.2) is 81.7 Å². The zero-order valence-corrected chi connectivity index (χ0v) is 28.2. The number of thiazole rings is 1. The largest absolute Gasteiger partial charge is 0.496 e. The standard InChI is InChI=1S/C37H35N3O6S/c1-8-46-36(43)31-22(4)38-37-40(33(31)32-27-13-10-9-12-24(27)16-17-29(32)44-6)34(41)30(47-37)19-25-18-20(2)39(23(25)5)28-15-11-14-26(21(28)3)35(42)45-7/h9-19,33H,8H2,1-7H3/b30-19+/t33-/m1/s1. The van der Waals surface area contributed by atoms with Crippen molar-refractivity contribution < 1.29 is 23.8 Å². The average Bonchev–Trinajstić information content (AvgIpc) is 3.52. The molecule has 1 atom stereocenters. The number of nitrogens with zero attached hydrogens (tertiary/aromatic N) is 3. The Morgan fingerprint density at radius 3 is 2.47 bits per heavy atom. The maximum Gasteiger partial charge on any atom is 0.338 e. The van der Waals surface area contributed by atoms with Gasteiger partial charge in [-0.2, -0.15) is 0 Å². The molecule has 3 aromatic carbocycles. The Kier molecular flexibility index (Phi) is 8.46. The Morgan fingerprint density at radius 1 is 0.979 bits per heavy atom. The molecule has 6 rings (SSSR count). The summed E-state index contributed by atoms with van der Waals surface area (Å²) in [5.41, 5.74) is 5.99. The van der Waals surface area contributed by atoms with Crippen LogP contribution in [0.25, 0.3) is 22.5 Å². The van der Waals surface area contributed by atoms with Crippen molar-refractivity contribution in [3.05, 3.63) is 125 Å². The van der Waals surface area contributed by atoms with Crippen molar-refractivity contribution in [3.63, 3.8) is 0 Å². The van der Waals surface area contributed by atoms with Gasteiger partial charge in [0.2, 0.25) is 0 Å². The summed E-state index contributed by atoms with van der Waals surface area (Å²) in [6, 6.07) is 18.4. The second kappa shape index (κ2) is 12.5. The molecule has 0 aliphatic carbocycles. The molecule has 2 aromatic heterocycles. The highest BCUT2D eigenvalue weighted by Gasteiger charge is 2.36. The van der Waals surface area contributed by atoms with Gasteiger partial charge in [0.25, 0.3) is 5.56 Å². The number of hydrogen-bond donors (Lipinski definition) is 0. The summed E-state index contributed by atoms with van der Waals surface area (Å²) in [5, 5.41) is 1.80. The molecule has 0 saturated heterocycles. The highest BCUT2D eigenvalue weighted by Crippen LogP contribution is 2.40. The van der Waals surface area contributed by atoms with E-state index in [9.17, 15) is 14.4 Å². The monoisotopic (exact) mass is 649 g/mol. The molecule has 5 aromatic rings. The maximum absolute atomic E-state index is 14.5. The number of rotatable bonds is 7. The molecule has 9 nitrogen and oxygen atoms in total. The van der Waals surface area contributed by atoms with Crippen molar-refractivity contribution in [2.45, 2.75) is 40.7 Å². The van der Waals surface area contributed by atoms with E-state index < -0.39 is 18.0 Å². The van der Waals surface area contributed by atoms with E-state index in [-0.39, 0.29) is 12.2 Å². The van der Waals surface area contributed by atoms with Crippen LogP contribution in [0.3, 0.4) is 0 Å². The topological polar surface area (TPSA) is 101 Å². The quantitative estimate of drug-likeness (QED) is 0.217.